The summed E-state index contributed by atoms with van der Waals surface area (Å²) in [7, 11) is 0. The minimum absolute atomic E-state index is 0.170. The summed E-state index contributed by atoms with van der Waals surface area (Å²) in [6, 6.07) is 15.2. The molecule has 0 bridgehead atoms. The van der Waals surface area contributed by atoms with E-state index in [1.807, 2.05) is 42.5 Å². The van der Waals surface area contributed by atoms with Gasteiger partial charge < -0.3 is 5.73 Å². The molecule has 0 amide bonds. The Morgan fingerprint density at radius 2 is 1.50 bits per heavy atom. The fraction of sp³-hybridized carbons (Fsp3) is 0.0769. The van der Waals surface area contributed by atoms with E-state index in [0.717, 1.165) is 11.1 Å². The number of rotatable bonds is 2. The fourth-order valence-corrected chi connectivity index (χ4v) is 1.87. The molecule has 2 aromatic carbocycles. The van der Waals surface area contributed by atoms with E-state index < -0.39 is 0 Å². The molecule has 82 valence electrons. The second kappa shape index (κ2) is 4.88. The Morgan fingerprint density at radius 3 is 2.12 bits per heavy atom. The van der Waals surface area contributed by atoms with Crippen molar-refractivity contribution < 1.29 is 0 Å². The molecule has 0 radical (unpaired) electrons. The molecule has 0 unspecified atom stereocenters. The zero-order chi connectivity index (χ0) is 11.5. The van der Waals surface area contributed by atoms with Gasteiger partial charge in [0.15, 0.2) is 0 Å². The molecule has 2 aromatic rings. The second-order valence-electron chi connectivity index (χ2n) is 3.56. The van der Waals surface area contributed by atoms with Crippen LogP contribution in [0.3, 0.4) is 0 Å². The molecule has 0 aliphatic heterocycles. The summed E-state index contributed by atoms with van der Waals surface area (Å²) >= 11 is 11.8. The van der Waals surface area contributed by atoms with Crippen molar-refractivity contribution in [3.63, 3.8) is 0 Å². The van der Waals surface area contributed by atoms with Crippen molar-refractivity contribution in [3.05, 3.63) is 69.7 Å². The molecule has 0 saturated heterocycles. The number of benzene rings is 2. The molecule has 0 spiro atoms. The van der Waals surface area contributed by atoms with Gasteiger partial charge in [0.2, 0.25) is 0 Å². The van der Waals surface area contributed by atoms with Crippen molar-refractivity contribution in [2.24, 2.45) is 5.73 Å². The van der Waals surface area contributed by atoms with Crippen LogP contribution in [0.15, 0.2) is 48.5 Å². The van der Waals surface area contributed by atoms with E-state index in [1.54, 1.807) is 6.07 Å². The average Bonchev–Trinajstić information content (AvgIpc) is 2.33. The Kier molecular flexibility index (Phi) is 3.49. The van der Waals surface area contributed by atoms with Crippen LogP contribution in [-0.2, 0) is 0 Å². The normalized spacial score (nSPS) is 12.4. The maximum Gasteiger partial charge on any atom is 0.0595 e. The first-order valence-electron chi connectivity index (χ1n) is 4.94. The molecule has 0 fully saturated rings. The zero-order valence-corrected chi connectivity index (χ0v) is 10.0. The summed E-state index contributed by atoms with van der Waals surface area (Å²) in [6.07, 6.45) is 0. The quantitative estimate of drug-likeness (QED) is 0.857. The second-order valence-corrected chi connectivity index (χ2v) is 4.38. The molecule has 2 N–H and O–H groups in total. The first-order chi connectivity index (χ1) is 7.68. The van der Waals surface area contributed by atoms with Crippen molar-refractivity contribution >= 4 is 23.2 Å². The van der Waals surface area contributed by atoms with Crippen LogP contribution in [0.2, 0.25) is 10.0 Å². The first-order valence-corrected chi connectivity index (χ1v) is 5.69. The molecule has 3 heteroatoms. The van der Waals surface area contributed by atoms with Crippen LogP contribution >= 0.6 is 23.2 Å². The van der Waals surface area contributed by atoms with E-state index >= 15 is 0 Å². The molecule has 2 rings (SSSR count). The predicted octanol–water partition coefficient (Wildman–Crippen LogP) is 4.04. The zero-order valence-electron chi connectivity index (χ0n) is 8.53. The number of hydrogen-bond donors (Lipinski definition) is 1. The maximum atomic E-state index is 6.13. The maximum absolute atomic E-state index is 6.13. The summed E-state index contributed by atoms with van der Waals surface area (Å²) in [5, 5.41) is 1.08. The van der Waals surface area contributed by atoms with Crippen LogP contribution in [-0.4, -0.2) is 0 Å². The van der Waals surface area contributed by atoms with E-state index in [2.05, 4.69) is 0 Å². The van der Waals surface area contributed by atoms with Gasteiger partial charge in [-0.05, 0) is 23.3 Å². The lowest BCUT2D eigenvalue weighted by molar-refractivity contribution is 0.872. The number of halogens is 2. The van der Waals surface area contributed by atoms with Crippen molar-refractivity contribution in [2.45, 2.75) is 6.04 Å². The van der Waals surface area contributed by atoms with Crippen LogP contribution in [0.1, 0.15) is 17.2 Å². The van der Waals surface area contributed by atoms with Crippen LogP contribution in [0.25, 0.3) is 0 Å². The number of nitrogens with two attached hydrogens (primary N) is 1. The lowest BCUT2D eigenvalue weighted by atomic mass is 10.00. The molecule has 1 nitrogen and oxygen atoms in total. The molecule has 16 heavy (non-hydrogen) atoms. The van der Waals surface area contributed by atoms with Crippen LogP contribution in [0.5, 0.6) is 0 Å². The Hall–Kier alpha value is -1.02. The van der Waals surface area contributed by atoms with Gasteiger partial charge in [0.25, 0.3) is 0 Å². The SMILES string of the molecule is N[C@H](c1ccccc1)c1ccc(Cl)c(Cl)c1. The molecular formula is C13H11Cl2N. The summed E-state index contributed by atoms with van der Waals surface area (Å²) in [5.74, 6) is 0. The third-order valence-electron chi connectivity index (χ3n) is 2.46. The standard InChI is InChI=1S/C13H11Cl2N/c14-11-7-6-10(8-12(11)15)13(16)9-4-2-1-3-5-9/h1-8,13H,16H2/t13-/m1/s1. The van der Waals surface area contributed by atoms with Gasteiger partial charge in [0, 0.05) is 0 Å². The topological polar surface area (TPSA) is 26.0 Å². The molecule has 0 aliphatic carbocycles. The van der Waals surface area contributed by atoms with Gasteiger partial charge in [-0.15, -0.1) is 0 Å². The fourth-order valence-electron chi connectivity index (χ4n) is 1.56. The van der Waals surface area contributed by atoms with E-state index in [-0.39, 0.29) is 6.04 Å². The highest BCUT2D eigenvalue weighted by Gasteiger charge is 2.09. The van der Waals surface area contributed by atoms with Crippen molar-refractivity contribution in [2.75, 3.05) is 0 Å². The Morgan fingerprint density at radius 1 is 0.812 bits per heavy atom. The van der Waals surface area contributed by atoms with E-state index in [0.29, 0.717) is 10.0 Å². The molecule has 0 aromatic heterocycles. The van der Waals surface area contributed by atoms with E-state index in [1.165, 1.54) is 0 Å². The van der Waals surface area contributed by atoms with Crippen LogP contribution in [0, 0.1) is 0 Å². The summed E-state index contributed by atoms with van der Waals surface area (Å²) < 4.78 is 0. The van der Waals surface area contributed by atoms with Gasteiger partial charge in [-0.3, -0.25) is 0 Å². The number of hydrogen-bond acceptors (Lipinski definition) is 1. The minimum atomic E-state index is -0.170. The Balaban J connectivity index is 2.34. The average molecular weight is 252 g/mol. The molecule has 1 atom stereocenters. The first kappa shape index (κ1) is 11.5. The molecule has 0 heterocycles. The molecule has 0 aliphatic rings. The monoisotopic (exact) mass is 251 g/mol. The predicted molar refractivity (Wildman–Crippen MR) is 68.9 cm³/mol. The van der Waals surface area contributed by atoms with Gasteiger partial charge >= 0.3 is 0 Å². The van der Waals surface area contributed by atoms with Gasteiger partial charge in [-0.1, -0.05) is 59.6 Å². The Bertz CT molecular complexity index is 483. The smallest absolute Gasteiger partial charge is 0.0595 e. The summed E-state index contributed by atoms with van der Waals surface area (Å²) in [4.78, 5) is 0. The highest BCUT2D eigenvalue weighted by molar-refractivity contribution is 6.42. The molecule has 0 saturated carbocycles. The summed E-state index contributed by atoms with van der Waals surface area (Å²) in [5.41, 5.74) is 8.15. The van der Waals surface area contributed by atoms with Crippen molar-refractivity contribution in [1.82, 2.24) is 0 Å². The third kappa shape index (κ3) is 2.38. The van der Waals surface area contributed by atoms with Gasteiger partial charge in [0.1, 0.15) is 0 Å². The highest BCUT2D eigenvalue weighted by atomic mass is 35.5. The van der Waals surface area contributed by atoms with Crippen molar-refractivity contribution in [3.8, 4) is 0 Å². The van der Waals surface area contributed by atoms with Gasteiger partial charge in [0.05, 0.1) is 16.1 Å². The van der Waals surface area contributed by atoms with Gasteiger partial charge in [-0.2, -0.15) is 0 Å². The highest BCUT2D eigenvalue weighted by Crippen LogP contribution is 2.27. The Labute approximate surface area is 105 Å². The van der Waals surface area contributed by atoms with Crippen molar-refractivity contribution in [1.29, 1.82) is 0 Å². The minimum Gasteiger partial charge on any atom is -0.320 e. The van der Waals surface area contributed by atoms with E-state index in [4.69, 9.17) is 28.9 Å². The van der Waals surface area contributed by atoms with Crippen LogP contribution in [0.4, 0.5) is 0 Å². The van der Waals surface area contributed by atoms with Gasteiger partial charge in [-0.25, -0.2) is 0 Å². The van der Waals surface area contributed by atoms with E-state index in [9.17, 15) is 0 Å². The molecular weight excluding hydrogens is 241 g/mol. The largest absolute Gasteiger partial charge is 0.320 e. The van der Waals surface area contributed by atoms with Crippen LogP contribution < -0.4 is 5.73 Å². The third-order valence-corrected chi connectivity index (χ3v) is 3.20. The lowest BCUT2D eigenvalue weighted by Crippen LogP contribution is -2.11. The summed E-state index contributed by atoms with van der Waals surface area (Å²) in [6.45, 7) is 0. The lowest BCUT2D eigenvalue weighted by Gasteiger charge is -2.13.